The Labute approximate surface area is 708 Å². The molecule has 16 atom stereocenters. The van der Waals surface area contributed by atoms with Gasteiger partial charge in [-0.3, -0.25) is 71.9 Å². The summed E-state index contributed by atoms with van der Waals surface area (Å²) in [6.45, 7) is 20.6. The third-order valence-electron chi connectivity index (χ3n) is 21.1. The Bertz CT molecular complexity index is 3160. The molecule has 0 bridgehead atoms. The van der Waals surface area contributed by atoms with E-state index in [4.69, 9.17) is 61.6 Å². The highest BCUT2D eigenvalue weighted by molar-refractivity contribution is 5.85. The quantitative estimate of drug-likeness (QED) is 0.0217. The van der Waals surface area contributed by atoms with Crippen LogP contribution >= 0.6 is 0 Å². The van der Waals surface area contributed by atoms with Crippen LogP contribution in [0, 0.1) is 17.8 Å². The molecule has 3 saturated heterocycles. The summed E-state index contributed by atoms with van der Waals surface area (Å²) in [6.07, 6.45) is 8.45. The predicted molar refractivity (Wildman–Crippen MR) is 434 cm³/mol. The number of carbonyl (C=O) groups is 15. The highest BCUT2D eigenvalue weighted by atomic mass is 16.7. The van der Waals surface area contributed by atoms with Gasteiger partial charge in [0.25, 0.3) is 5.91 Å². The largest absolute Gasteiger partial charge is 0.481 e. The second-order valence-corrected chi connectivity index (χ2v) is 31.6. The van der Waals surface area contributed by atoms with E-state index in [0.29, 0.717) is 103 Å². The molecule has 35 heteroatoms. The maximum Gasteiger partial charge on any atom is 0.307 e. The van der Waals surface area contributed by atoms with E-state index >= 15 is 0 Å². The predicted octanol–water partition coefficient (Wildman–Crippen LogP) is 8.18. The van der Waals surface area contributed by atoms with E-state index in [1.807, 2.05) is 11.8 Å². The number of hydrogen-bond donors (Lipinski definition) is 5. The first-order chi connectivity index (χ1) is 57.1. The summed E-state index contributed by atoms with van der Waals surface area (Å²) in [5.74, 6) is -8.05. The van der Waals surface area contributed by atoms with Crippen molar-refractivity contribution >= 4 is 89.0 Å². The average molecular weight is 1710 g/mol. The molecule has 0 aromatic rings. The molecule has 0 radical (unpaired) electrons. The molecule has 0 aromatic carbocycles. The second kappa shape index (κ2) is 60.5. The lowest BCUT2D eigenvalue weighted by molar-refractivity contribution is -0.262. The molecule has 3 aliphatic heterocycles. The summed E-state index contributed by atoms with van der Waals surface area (Å²) in [7, 11) is 0. The number of esters is 7. The van der Waals surface area contributed by atoms with E-state index in [2.05, 4.69) is 21.3 Å². The molecule has 3 rings (SSSR count). The van der Waals surface area contributed by atoms with E-state index < -0.39 is 164 Å². The lowest BCUT2D eigenvalue weighted by atomic mass is 9.88. The smallest absolute Gasteiger partial charge is 0.307 e. The van der Waals surface area contributed by atoms with Gasteiger partial charge in [-0.15, -0.1) is 0 Å². The Balaban J connectivity index is 1.59. The van der Waals surface area contributed by atoms with Gasteiger partial charge < -0.3 is 97.8 Å². The van der Waals surface area contributed by atoms with Gasteiger partial charge in [0.2, 0.25) is 29.5 Å². The molecule has 6 amide bonds. The van der Waals surface area contributed by atoms with Gasteiger partial charge in [-0.2, -0.15) is 0 Å². The summed E-state index contributed by atoms with van der Waals surface area (Å²) in [4.78, 5) is 190. The summed E-state index contributed by atoms with van der Waals surface area (Å²) >= 11 is 0. The summed E-state index contributed by atoms with van der Waals surface area (Å²) in [6, 6.07) is -1.94. The minimum Gasteiger partial charge on any atom is -0.481 e. The van der Waals surface area contributed by atoms with Crippen LogP contribution in [-0.2, 0) is 133 Å². The molecule has 5 N–H and O–H groups in total. The summed E-state index contributed by atoms with van der Waals surface area (Å²) in [5.41, 5.74) is 0. The Morgan fingerprint density at radius 1 is 0.375 bits per heavy atom. The van der Waals surface area contributed by atoms with Crippen molar-refractivity contribution in [2.75, 3.05) is 72.4 Å². The van der Waals surface area contributed by atoms with Crippen molar-refractivity contribution in [2.45, 2.75) is 362 Å². The van der Waals surface area contributed by atoms with Gasteiger partial charge in [0, 0.05) is 158 Å². The molecule has 0 aliphatic carbocycles. The van der Waals surface area contributed by atoms with Gasteiger partial charge >= 0.3 is 47.8 Å². The number of carbonyl (C=O) groups excluding carboxylic acids is 14. The zero-order chi connectivity index (χ0) is 89.1. The zero-order valence-electron chi connectivity index (χ0n) is 73.5. The number of rotatable bonds is 62. The molecule has 120 heavy (non-hydrogen) atoms. The highest BCUT2D eigenvalue weighted by Crippen LogP contribution is 2.34. The number of hydrogen-bond acceptors (Lipinski definition) is 28. The fourth-order valence-electron chi connectivity index (χ4n) is 14.9. The standard InChI is InChI=1S/C85H142N6O29/c1-14-68(117-75(106)43-42-74(104)105)82(107)91(48-37-44-86-72(102)40-28-22-16-19-25-35-50-109-84-77(88-59(6)93)56(3)80(115-65(12)99)70(119-84)53-112-62(9)96)47-33-32-46-90(73(103)41-29-23-17-20-26-36-51-110-85-78(89-60(7)94)57(4)81(116-66(13)100)71(120-85)54-113-63(10)97)45-31-30-39-67(101)38-27-21-15-18-24-34-49-108-83-76(87-58(5)92)55(2)79(114-64(11)98)69(118-83)52-111-61(8)95/h55-57,68-71,76-81,83-85H,14-54H2,1-13H3,(H,86,102)(H,87,92)(H,88,93)(H,89,94)(H,104,105)/t55-,56-,57-,68?,69?,70?,71?,76?,77?,78?,79-,80-,81-,83-,84-,85-/m1/s1. The van der Waals surface area contributed by atoms with Crippen LogP contribution in [0.15, 0.2) is 0 Å². The number of carboxylic acids is 1. The molecule has 7 unspecified atom stereocenters. The van der Waals surface area contributed by atoms with Gasteiger partial charge in [0.15, 0.2) is 25.0 Å². The topological polar surface area (TPSA) is 451 Å². The van der Waals surface area contributed by atoms with E-state index in [-0.39, 0.29) is 101 Å². The van der Waals surface area contributed by atoms with Crippen LogP contribution in [-0.4, -0.2) is 256 Å². The summed E-state index contributed by atoms with van der Waals surface area (Å²) < 4.78 is 74.6. The third kappa shape index (κ3) is 44.7. The number of nitrogens with one attached hydrogen (secondary N) is 4. The van der Waals surface area contributed by atoms with Crippen molar-refractivity contribution < 1.29 is 139 Å². The fourth-order valence-corrected chi connectivity index (χ4v) is 14.9. The van der Waals surface area contributed by atoms with Crippen molar-refractivity contribution in [3.63, 3.8) is 0 Å². The number of ether oxygens (including phenoxy) is 13. The molecular weight excluding hydrogens is 1570 g/mol. The molecule has 35 nitrogen and oxygen atoms in total. The van der Waals surface area contributed by atoms with Crippen LogP contribution in [0.25, 0.3) is 0 Å². The molecular formula is C85H142N6O29. The van der Waals surface area contributed by atoms with Crippen LogP contribution in [0.3, 0.4) is 0 Å². The number of ketones is 1. The molecule has 3 aliphatic rings. The minimum atomic E-state index is -1.19. The molecule has 0 aromatic heterocycles. The molecule has 0 saturated carbocycles. The van der Waals surface area contributed by atoms with E-state index in [9.17, 15) is 77.0 Å². The third-order valence-corrected chi connectivity index (χ3v) is 21.1. The number of unbranched alkanes of at least 4 members (excludes halogenated alkanes) is 17. The van der Waals surface area contributed by atoms with Crippen molar-refractivity contribution in [3.05, 3.63) is 0 Å². The maximum atomic E-state index is 14.2. The number of carboxylic acid groups (broad SMARTS) is 1. The number of amides is 6. The van der Waals surface area contributed by atoms with Crippen LogP contribution in [0.2, 0.25) is 0 Å². The zero-order valence-corrected chi connectivity index (χ0v) is 73.5. The second-order valence-electron chi connectivity index (χ2n) is 31.6. The Morgan fingerprint density at radius 2 is 0.700 bits per heavy atom. The number of aliphatic carboxylic acids is 1. The van der Waals surface area contributed by atoms with Gasteiger partial charge in [-0.05, 0) is 77.0 Å². The van der Waals surface area contributed by atoms with Crippen molar-refractivity contribution in [3.8, 4) is 0 Å². The van der Waals surface area contributed by atoms with E-state index in [1.54, 1.807) is 25.7 Å². The Kier molecular flexibility index (Phi) is 53.5. The number of Topliss-reactive ketones (excluding diaryl/α,β-unsaturated/α-hetero) is 1. The highest BCUT2D eigenvalue weighted by Gasteiger charge is 2.50. The van der Waals surface area contributed by atoms with Gasteiger partial charge in [-0.1, -0.05) is 105 Å². The van der Waals surface area contributed by atoms with Crippen LogP contribution in [0.5, 0.6) is 0 Å². The lowest BCUT2D eigenvalue weighted by Crippen LogP contribution is -2.62. The maximum absolute atomic E-state index is 14.2. The SMILES string of the molecule is CCC(OC(=O)CCC(=O)O)C(=O)N(CCCCN(CCCCC(=O)CCCCCCCCO[C@@H]1OC(COC(C)=O)[C@H](OC(C)=O)[C@H](C)C1NC(C)=O)C(=O)CCCCCCCCO[C@@H]1OC(COC(C)=O)[C@H](OC(C)=O)[C@H](C)C1NC(C)=O)CCCNC(=O)CCCCCCCCO[C@@H]1OC(COC(C)=O)[C@H](OC(C)=O)[C@H](C)C1NC(C)=O. The van der Waals surface area contributed by atoms with E-state index in [1.165, 1.54) is 62.3 Å². The van der Waals surface area contributed by atoms with Crippen molar-refractivity contribution in [1.82, 2.24) is 31.1 Å². The van der Waals surface area contributed by atoms with Gasteiger partial charge in [-0.25, -0.2) is 0 Å². The number of nitrogens with zero attached hydrogens (tertiary/aromatic N) is 2. The Hall–Kier alpha value is -7.99. The minimum absolute atomic E-state index is 0.0389. The normalized spacial score (nSPS) is 22.8. The van der Waals surface area contributed by atoms with Crippen LogP contribution in [0.4, 0.5) is 0 Å². The average Bonchev–Trinajstić information content (AvgIpc) is 0.806. The first-order valence-corrected chi connectivity index (χ1v) is 43.4. The fraction of sp³-hybridized carbons (Fsp3) is 0.824. The lowest BCUT2D eigenvalue weighted by Gasteiger charge is -2.44. The van der Waals surface area contributed by atoms with Crippen molar-refractivity contribution in [1.29, 1.82) is 0 Å². The molecule has 3 heterocycles. The monoisotopic (exact) mass is 1710 g/mol. The van der Waals surface area contributed by atoms with Gasteiger partial charge in [0.1, 0.15) is 62.2 Å². The van der Waals surface area contributed by atoms with Crippen molar-refractivity contribution in [2.24, 2.45) is 17.8 Å². The molecule has 0 spiro atoms. The van der Waals surface area contributed by atoms with Crippen LogP contribution < -0.4 is 21.3 Å². The first kappa shape index (κ1) is 106. The molecule has 3 fully saturated rings. The first-order valence-electron chi connectivity index (χ1n) is 43.4. The Morgan fingerprint density at radius 3 is 1.05 bits per heavy atom. The van der Waals surface area contributed by atoms with Crippen LogP contribution in [0.1, 0.15) is 283 Å². The van der Waals surface area contributed by atoms with E-state index in [0.717, 1.165) is 83.5 Å². The van der Waals surface area contributed by atoms with Gasteiger partial charge in [0.05, 0.1) is 31.0 Å². The summed E-state index contributed by atoms with van der Waals surface area (Å²) in [5, 5.41) is 20.7. The molecule has 686 valence electrons.